The van der Waals surface area contributed by atoms with Gasteiger partial charge in [-0.25, -0.2) is 0 Å². The lowest BCUT2D eigenvalue weighted by molar-refractivity contribution is -0.142. The molecule has 1 rings (SSSR count). The third-order valence-electron chi connectivity index (χ3n) is 3.95. The summed E-state index contributed by atoms with van der Waals surface area (Å²) in [4.78, 5) is 11.7. The van der Waals surface area contributed by atoms with Crippen LogP contribution in [0.1, 0.15) is 39.7 Å². The summed E-state index contributed by atoms with van der Waals surface area (Å²) in [6.45, 7) is 8.40. The molecule has 0 saturated carbocycles. The van der Waals surface area contributed by atoms with E-state index in [0.29, 0.717) is 6.61 Å². The second-order valence-corrected chi connectivity index (χ2v) is 5.76. The highest BCUT2D eigenvalue weighted by Gasteiger charge is 2.41. The molecule has 0 aromatic heterocycles. The summed E-state index contributed by atoms with van der Waals surface area (Å²) in [5.74, 6) is 0.548. The van der Waals surface area contributed by atoms with E-state index in [1.165, 1.54) is 7.11 Å². The van der Waals surface area contributed by atoms with E-state index in [0.717, 1.165) is 11.3 Å². The molecular formula is C16H25NO3. The number of carbonyl (C=O) groups is 1. The zero-order chi connectivity index (χ0) is 15.4. The van der Waals surface area contributed by atoms with Gasteiger partial charge in [0.15, 0.2) is 0 Å². The zero-order valence-electron chi connectivity index (χ0n) is 13.0. The Kier molecular flexibility index (Phi) is 5.17. The minimum Gasteiger partial charge on any atom is -0.494 e. The van der Waals surface area contributed by atoms with Crippen molar-refractivity contribution in [3.8, 4) is 5.75 Å². The average molecular weight is 279 g/mol. The van der Waals surface area contributed by atoms with Gasteiger partial charge in [-0.15, -0.1) is 0 Å². The monoisotopic (exact) mass is 279 g/mol. The highest BCUT2D eigenvalue weighted by atomic mass is 16.5. The number of ether oxygens (including phenoxy) is 2. The van der Waals surface area contributed by atoms with Crippen LogP contribution in [0.5, 0.6) is 5.75 Å². The van der Waals surface area contributed by atoms with Gasteiger partial charge in [-0.3, -0.25) is 4.79 Å². The molecule has 1 unspecified atom stereocenters. The minimum atomic E-state index is -0.561. The molecule has 4 nitrogen and oxygen atoms in total. The highest BCUT2D eigenvalue weighted by Crippen LogP contribution is 2.37. The van der Waals surface area contributed by atoms with E-state index in [1.807, 2.05) is 52.0 Å². The van der Waals surface area contributed by atoms with Crippen LogP contribution in [0.15, 0.2) is 24.3 Å². The van der Waals surface area contributed by atoms with Crippen molar-refractivity contribution in [2.45, 2.75) is 45.1 Å². The van der Waals surface area contributed by atoms with Crippen molar-refractivity contribution < 1.29 is 14.3 Å². The lowest BCUT2D eigenvalue weighted by atomic mass is 9.66. The van der Waals surface area contributed by atoms with Gasteiger partial charge in [0.2, 0.25) is 0 Å². The Balaban J connectivity index is 3.14. The fourth-order valence-electron chi connectivity index (χ4n) is 2.15. The lowest BCUT2D eigenvalue weighted by Gasteiger charge is -2.41. The number of esters is 1. The summed E-state index contributed by atoms with van der Waals surface area (Å²) < 4.78 is 10.2. The molecule has 20 heavy (non-hydrogen) atoms. The van der Waals surface area contributed by atoms with Crippen molar-refractivity contribution in [2.24, 2.45) is 5.73 Å². The van der Waals surface area contributed by atoms with Crippen LogP contribution < -0.4 is 10.5 Å². The van der Waals surface area contributed by atoms with E-state index in [9.17, 15) is 4.79 Å². The molecule has 1 aromatic carbocycles. The van der Waals surface area contributed by atoms with E-state index >= 15 is 0 Å². The van der Waals surface area contributed by atoms with E-state index in [2.05, 4.69) is 0 Å². The maximum atomic E-state index is 11.7. The van der Waals surface area contributed by atoms with Crippen molar-refractivity contribution in [3.63, 3.8) is 0 Å². The van der Waals surface area contributed by atoms with E-state index < -0.39 is 11.0 Å². The normalized spacial score (nSPS) is 14.5. The molecule has 0 amide bonds. The van der Waals surface area contributed by atoms with Gasteiger partial charge in [-0.1, -0.05) is 19.1 Å². The van der Waals surface area contributed by atoms with Gasteiger partial charge in [0, 0.05) is 11.0 Å². The molecule has 4 heteroatoms. The maximum absolute atomic E-state index is 11.7. The molecule has 1 aromatic rings. The van der Waals surface area contributed by atoms with Crippen LogP contribution >= 0.6 is 0 Å². The fourth-order valence-corrected chi connectivity index (χ4v) is 2.15. The number of rotatable bonds is 6. The third-order valence-corrected chi connectivity index (χ3v) is 3.95. The molecule has 0 aliphatic rings. The summed E-state index contributed by atoms with van der Waals surface area (Å²) >= 11 is 0. The van der Waals surface area contributed by atoms with Gasteiger partial charge >= 0.3 is 5.97 Å². The number of methoxy groups -OCH3 is 1. The molecule has 0 aliphatic carbocycles. The number of hydrogen-bond acceptors (Lipinski definition) is 4. The van der Waals surface area contributed by atoms with Crippen LogP contribution in [0.3, 0.4) is 0 Å². The predicted octanol–water partition coefficient (Wildman–Crippen LogP) is 2.64. The first kappa shape index (κ1) is 16.5. The molecule has 0 heterocycles. The Labute approximate surface area is 121 Å². The quantitative estimate of drug-likeness (QED) is 0.813. The van der Waals surface area contributed by atoms with Crippen LogP contribution in [0, 0.1) is 0 Å². The molecule has 0 spiro atoms. The number of hydrogen-bond donors (Lipinski definition) is 1. The first-order chi connectivity index (χ1) is 9.24. The van der Waals surface area contributed by atoms with Crippen LogP contribution in [0.2, 0.25) is 0 Å². The van der Waals surface area contributed by atoms with Gasteiger partial charge < -0.3 is 15.2 Å². The van der Waals surface area contributed by atoms with Crippen molar-refractivity contribution >= 4 is 5.97 Å². The minimum absolute atomic E-state index is 0.237. The summed E-state index contributed by atoms with van der Waals surface area (Å²) in [6, 6.07) is 7.73. The number of nitrogens with two attached hydrogens (primary N) is 1. The molecule has 0 saturated heterocycles. The molecule has 2 N–H and O–H groups in total. The first-order valence-corrected chi connectivity index (χ1v) is 6.83. The summed E-state index contributed by atoms with van der Waals surface area (Å²) in [5.41, 5.74) is 6.24. The van der Waals surface area contributed by atoms with Crippen molar-refractivity contribution in [3.05, 3.63) is 29.8 Å². The summed E-state index contributed by atoms with van der Waals surface area (Å²) in [5, 5.41) is 0. The standard InChI is InChI=1S/C16H25NO3/c1-6-20-13-9-7-12(8-10-13)16(4,15(2,3)17)11-14(18)19-5/h7-10H,6,11,17H2,1-5H3. The molecule has 0 fully saturated rings. The second kappa shape index (κ2) is 6.27. The highest BCUT2D eigenvalue weighted by molar-refractivity contribution is 5.71. The zero-order valence-corrected chi connectivity index (χ0v) is 13.0. The van der Waals surface area contributed by atoms with Crippen LogP contribution in [0.25, 0.3) is 0 Å². The maximum Gasteiger partial charge on any atom is 0.306 e. The fraction of sp³-hybridized carbons (Fsp3) is 0.562. The predicted molar refractivity (Wildman–Crippen MR) is 79.9 cm³/mol. The first-order valence-electron chi connectivity index (χ1n) is 6.83. The molecule has 1 atom stereocenters. The average Bonchev–Trinajstić information content (AvgIpc) is 2.38. The smallest absolute Gasteiger partial charge is 0.306 e. The Hall–Kier alpha value is -1.55. The lowest BCUT2D eigenvalue weighted by Crippen LogP contribution is -2.53. The molecule has 112 valence electrons. The van der Waals surface area contributed by atoms with E-state index in [-0.39, 0.29) is 12.4 Å². The summed E-state index contributed by atoms with van der Waals surface area (Å²) in [7, 11) is 1.39. The van der Waals surface area contributed by atoms with Gasteiger partial charge in [-0.05, 0) is 38.5 Å². The molecular weight excluding hydrogens is 254 g/mol. The van der Waals surface area contributed by atoms with Crippen LogP contribution in [-0.4, -0.2) is 25.2 Å². The van der Waals surface area contributed by atoms with Crippen molar-refractivity contribution in [2.75, 3.05) is 13.7 Å². The third kappa shape index (κ3) is 3.51. The van der Waals surface area contributed by atoms with Crippen molar-refractivity contribution in [1.82, 2.24) is 0 Å². The molecule has 0 aliphatic heterocycles. The Bertz CT molecular complexity index is 448. The van der Waals surface area contributed by atoms with Crippen LogP contribution in [-0.2, 0) is 14.9 Å². The Morgan fingerprint density at radius 2 is 1.75 bits per heavy atom. The molecule has 0 bridgehead atoms. The Morgan fingerprint density at radius 3 is 2.15 bits per heavy atom. The Morgan fingerprint density at radius 1 is 1.20 bits per heavy atom. The van der Waals surface area contributed by atoms with Crippen LogP contribution in [0.4, 0.5) is 0 Å². The number of benzene rings is 1. The molecule has 0 radical (unpaired) electrons. The van der Waals surface area contributed by atoms with E-state index in [1.54, 1.807) is 0 Å². The van der Waals surface area contributed by atoms with Gasteiger partial charge in [0.05, 0.1) is 20.1 Å². The topological polar surface area (TPSA) is 61.5 Å². The van der Waals surface area contributed by atoms with E-state index in [4.69, 9.17) is 15.2 Å². The number of carbonyl (C=O) groups excluding carboxylic acids is 1. The van der Waals surface area contributed by atoms with Gasteiger partial charge in [-0.2, -0.15) is 0 Å². The largest absolute Gasteiger partial charge is 0.494 e. The second-order valence-electron chi connectivity index (χ2n) is 5.76. The van der Waals surface area contributed by atoms with Gasteiger partial charge in [0.1, 0.15) is 5.75 Å². The van der Waals surface area contributed by atoms with Gasteiger partial charge in [0.25, 0.3) is 0 Å². The summed E-state index contributed by atoms with van der Waals surface area (Å²) in [6.07, 6.45) is 0.237. The SMILES string of the molecule is CCOc1ccc(C(C)(CC(=O)OC)C(C)(C)N)cc1. The van der Waals surface area contributed by atoms with Crippen molar-refractivity contribution in [1.29, 1.82) is 0 Å².